The van der Waals surface area contributed by atoms with Crippen LogP contribution in [0.2, 0.25) is 0 Å². The number of hydrogen-bond acceptors (Lipinski definition) is 4. The van der Waals surface area contributed by atoms with Gasteiger partial charge < -0.3 is 14.9 Å². The van der Waals surface area contributed by atoms with E-state index in [1.54, 1.807) is 0 Å². The van der Waals surface area contributed by atoms with Gasteiger partial charge in [0.15, 0.2) is 5.60 Å². The van der Waals surface area contributed by atoms with E-state index in [0.717, 1.165) is 0 Å². The molecule has 0 radical (unpaired) electrons. The Kier molecular flexibility index (Phi) is 2.69. The SMILES string of the molecule is COC(=O)C1(O)CCC(O)CC1. The monoisotopic (exact) mass is 174 g/mol. The third kappa shape index (κ3) is 1.76. The molecule has 0 heterocycles. The highest BCUT2D eigenvalue weighted by Gasteiger charge is 2.40. The minimum absolute atomic E-state index is 0.292. The van der Waals surface area contributed by atoms with Crippen LogP contribution < -0.4 is 0 Å². The molecule has 0 aromatic rings. The van der Waals surface area contributed by atoms with Crippen LogP contribution in [0.1, 0.15) is 25.7 Å². The zero-order chi connectivity index (χ0) is 9.19. The fourth-order valence-electron chi connectivity index (χ4n) is 1.47. The zero-order valence-corrected chi connectivity index (χ0v) is 7.12. The van der Waals surface area contributed by atoms with Crippen molar-refractivity contribution in [1.29, 1.82) is 0 Å². The van der Waals surface area contributed by atoms with E-state index < -0.39 is 11.6 Å². The van der Waals surface area contributed by atoms with Crippen LogP contribution in [0.4, 0.5) is 0 Å². The summed E-state index contributed by atoms with van der Waals surface area (Å²) in [6.45, 7) is 0. The molecule has 1 rings (SSSR count). The lowest BCUT2D eigenvalue weighted by Gasteiger charge is -2.31. The molecule has 1 fully saturated rings. The quantitative estimate of drug-likeness (QED) is 0.541. The Hall–Kier alpha value is -0.610. The van der Waals surface area contributed by atoms with Gasteiger partial charge in [0.05, 0.1) is 13.2 Å². The number of esters is 1. The van der Waals surface area contributed by atoms with E-state index in [2.05, 4.69) is 4.74 Å². The number of hydrogen-bond donors (Lipinski definition) is 2. The molecule has 70 valence electrons. The highest BCUT2D eigenvalue weighted by atomic mass is 16.5. The fraction of sp³-hybridized carbons (Fsp3) is 0.875. The van der Waals surface area contributed by atoms with Crippen molar-refractivity contribution in [3.05, 3.63) is 0 Å². The van der Waals surface area contributed by atoms with Gasteiger partial charge in [-0.2, -0.15) is 0 Å². The van der Waals surface area contributed by atoms with Crippen molar-refractivity contribution >= 4 is 5.97 Å². The van der Waals surface area contributed by atoms with Crippen molar-refractivity contribution in [2.45, 2.75) is 37.4 Å². The zero-order valence-electron chi connectivity index (χ0n) is 7.12. The first-order valence-corrected chi connectivity index (χ1v) is 4.07. The number of carbonyl (C=O) groups is 1. The maximum atomic E-state index is 11.0. The molecule has 0 aromatic carbocycles. The third-order valence-electron chi connectivity index (χ3n) is 2.35. The maximum absolute atomic E-state index is 11.0. The van der Waals surface area contributed by atoms with Crippen molar-refractivity contribution in [1.82, 2.24) is 0 Å². The van der Waals surface area contributed by atoms with Gasteiger partial charge in [0.25, 0.3) is 0 Å². The highest BCUT2D eigenvalue weighted by Crippen LogP contribution is 2.29. The summed E-state index contributed by atoms with van der Waals surface area (Å²) < 4.78 is 4.46. The lowest BCUT2D eigenvalue weighted by Crippen LogP contribution is -2.43. The molecule has 0 bridgehead atoms. The molecule has 0 spiro atoms. The smallest absolute Gasteiger partial charge is 0.337 e. The van der Waals surface area contributed by atoms with Gasteiger partial charge in [-0.15, -0.1) is 0 Å². The van der Waals surface area contributed by atoms with Crippen LogP contribution in [0.25, 0.3) is 0 Å². The van der Waals surface area contributed by atoms with Crippen molar-refractivity contribution in [3.63, 3.8) is 0 Å². The molecular weight excluding hydrogens is 160 g/mol. The van der Waals surface area contributed by atoms with Gasteiger partial charge in [-0.1, -0.05) is 0 Å². The molecule has 2 N–H and O–H groups in total. The highest BCUT2D eigenvalue weighted by molar-refractivity contribution is 5.79. The predicted octanol–water partition coefficient (Wildman–Crippen LogP) is -0.175. The van der Waals surface area contributed by atoms with E-state index in [1.165, 1.54) is 7.11 Å². The molecular formula is C8H14O4. The Morgan fingerprint density at radius 3 is 2.42 bits per heavy atom. The van der Waals surface area contributed by atoms with Crippen LogP contribution in [0.5, 0.6) is 0 Å². The number of methoxy groups -OCH3 is 1. The van der Waals surface area contributed by atoms with Crippen LogP contribution >= 0.6 is 0 Å². The molecule has 0 atom stereocenters. The largest absolute Gasteiger partial charge is 0.467 e. The second-order valence-electron chi connectivity index (χ2n) is 3.25. The van der Waals surface area contributed by atoms with Crippen LogP contribution in [-0.4, -0.2) is 35.0 Å². The van der Waals surface area contributed by atoms with Gasteiger partial charge in [-0.3, -0.25) is 0 Å². The van der Waals surface area contributed by atoms with Gasteiger partial charge in [-0.05, 0) is 25.7 Å². The summed E-state index contributed by atoms with van der Waals surface area (Å²) in [6.07, 6.45) is 1.13. The Balaban J connectivity index is 2.55. The lowest BCUT2D eigenvalue weighted by molar-refractivity contribution is -0.167. The molecule has 0 amide bonds. The molecule has 12 heavy (non-hydrogen) atoms. The molecule has 4 nitrogen and oxygen atoms in total. The van der Waals surface area contributed by atoms with Gasteiger partial charge in [0.2, 0.25) is 0 Å². The number of aliphatic hydroxyl groups excluding tert-OH is 1. The Morgan fingerprint density at radius 2 is 2.00 bits per heavy atom. The van der Waals surface area contributed by atoms with Crippen LogP contribution in [0.15, 0.2) is 0 Å². The summed E-state index contributed by atoms with van der Waals surface area (Å²) >= 11 is 0. The van der Waals surface area contributed by atoms with Gasteiger partial charge >= 0.3 is 5.97 Å². The number of carbonyl (C=O) groups excluding carboxylic acids is 1. The first-order chi connectivity index (χ1) is 5.58. The van der Waals surface area contributed by atoms with Gasteiger partial charge in [0, 0.05) is 0 Å². The van der Waals surface area contributed by atoms with E-state index in [4.69, 9.17) is 5.11 Å². The van der Waals surface area contributed by atoms with E-state index in [0.29, 0.717) is 25.7 Å². The number of ether oxygens (including phenoxy) is 1. The molecule has 1 saturated carbocycles. The van der Waals surface area contributed by atoms with Crippen LogP contribution in [0.3, 0.4) is 0 Å². The average molecular weight is 174 g/mol. The summed E-state index contributed by atoms with van der Waals surface area (Å²) in [5.74, 6) is -0.589. The normalized spacial score (nSPS) is 36.1. The van der Waals surface area contributed by atoms with Crippen molar-refractivity contribution < 1.29 is 19.7 Å². The van der Waals surface area contributed by atoms with Gasteiger partial charge in [0.1, 0.15) is 0 Å². The molecule has 1 aliphatic rings. The van der Waals surface area contributed by atoms with Crippen LogP contribution in [-0.2, 0) is 9.53 Å². The van der Waals surface area contributed by atoms with Gasteiger partial charge in [-0.25, -0.2) is 4.79 Å². The molecule has 1 aliphatic carbocycles. The number of aliphatic hydroxyl groups is 2. The van der Waals surface area contributed by atoms with E-state index >= 15 is 0 Å². The van der Waals surface area contributed by atoms with Crippen molar-refractivity contribution in [2.24, 2.45) is 0 Å². The lowest BCUT2D eigenvalue weighted by atomic mass is 9.83. The maximum Gasteiger partial charge on any atom is 0.337 e. The Bertz CT molecular complexity index is 170. The van der Waals surface area contributed by atoms with Crippen molar-refractivity contribution in [3.8, 4) is 0 Å². The molecule has 0 aromatic heterocycles. The standard InChI is InChI=1S/C8H14O4/c1-12-7(10)8(11)4-2-6(9)3-5-8/h6,9,11H,2-5H2,1H3. The fourth-order valence-corrected chi connectivity index (χ4v) is 1.47. The van der Waals surface area contributed by atoms with E-state index in [-0.39, 0.29) is 6.10 Å². The van der Waals surface area contributed by atoms with E-state index in [1.807, 2.05) is 0 Å². The third-order valence-corrected chi connectivity index (χ3v) is 2.35. The van der Waals surface area contributed by atoms with Crippen LogP contribution in [0, 0.1) is 0 Å². The first kappa shape index (κ1) is 9.48. The number of rotatable bonds is 1. The summed E-state index contributed by atoms with van der Waals surface area (Å²) in [5, 5.41) is 18.8. The topological polar surface area (TPSA) is 66.8 Å². The Labute approximate surface area is 71.2 Å². The molecule has 4 heteroatoms. The summed E-state index contributed by atoms with van der Waals surface area (Å²) in [5.41, 5.74) is -1.35. The molecule has 0 saturated heterocycles. The summed E-state index contributed by atoms with van der Waals surface area (Å²) in [4.78, 5) is 11.0. The summed E-state index contributed by atoms with van der Waals surface area (Å²) in [6, 6.07) is 0. The Morgan fingerprint density at radius 1 is 1.50 bits per heavy atom. The minimum atomic E-state index is -1.35. The van der Waals surface area contributed by atoms with Crippen molar-refractivity contribution in [2.75, 3.05) is 7.11 Å². The molecule has 0 unspecified atom stereocenters. The first-order valence-electron chi connectivity index (χ1n) is 4.07. The second-order valence-corrected chi connectivity index (χ2v) is 3.25. The summed E-state index contributed by atoms with van der Waals surface area (Å²) in [7, 11) is 1.26. The second kappa shape index (κ2) is 3.41. The minimum Gasteiger partial charge on any atom is -0.467 e. The van der Waals surface area contributed by atoms with E-state index in [9.17, 15) is 9.90 Å². The average Bonchev–Trinajstić information content (AvgIpc) is 2.09. The predicted molar refractivity (Wildman–Crippen MR) is 41.4 cm³/mol. The molecule has 0 aliphatic heterocycles.